The van der Waals surface area contributed by atoms with Crippen molar-refractivity contribution in [3.05, 3.63) is 128 Å². The van der Waals surface area contributed by atoms with Gasteiger partial charge in [-0.15, -0.1) is 0 Å². The zero-order valence-corrected chi connectivity index (χ0v) is 21.0. The second-order valence-corrected chi connectivity index (χ2v) is 10.3. The topological polar surface area (TPSA) is 35.6 Å². The third-order valence-corrected chi connectivity index (χ3v) is 8.32. The number of rotatable bonds is 2. The van der Waals surface area contributed by atoms with Crippen molar-refractivity contribution in [1.82, 2.24) is 19.0 Å². The first kappa shape index (κ1) is 20.9. The zero-order chi connectivity index (χ0) is 25.5. The van der Waals surface area contributed by atoms with Crippen molar-refractivity contribution in [2.75, 3.05) is 0 Å². The monoisotopic (exact) mass is 496 g/mol. The summed E-state index contributed by atoms with van der Waals surface area (Å²) in [7, 11) is 0. The molecule has 39 heavy (non-hydrogen) atoms. The van der Waals surface area contributed by atoms with Crippen LogP contribution in [0.15, 0.2) is 128 Å². The van der Waals surface area contributed by atoms with E-state index in [4.69, 9.17) is 4.98 Å². The third kappa shape index (κ3) is 2.69. The van der Waals surface area contributed by atoms with Crippen LogP contribution in [0.5, 0.6) is 0 Å². The Morgan fingerprint density at radius 2 is 1.31 bits per heavy atom. The summed E-state index contributed by atoms with van der Waals surface area (Å²) in [6, 6.07) is 41.7. The predicted octanol–water partition coefficient (Wildman–Crippen LogP) is 6.32. The lowest BCUT2D eigenvalue weighted by molar-refractivity contribution is 1.14. The summed E-state index contributed by atoms with van der Waals surface area (Å²) in [5.74, 6) is 0. The molecular formula is C34H21BN4. The number of benzene rings is 5. The van der Waals surface area contributed by atoms with E-state index in [2.05, 4.69) is 129 Å². The number of aromatic nitrogens is 4. The summed E-state index contributed by atoms with van der Waals surface area (Å²) in [5.41, 5.74) is 11.9. The summed E-state index contributed by atoms with van der Waals surface area (Å²) in [4.78, 5) is 9.12. The Labute approximate surface area is 224 Å². The highest BCUT2D eigenvalue weighted by Gasteiger charge is 2.36. The van der Waals surface area contributed by atoms with Crippen molar-refractivity contribution in [2.24, 2.45) is 0 Å². The van der Waals surface area contributed by atoms with Crippen LogP contribution in [0.2, 0.25) is 0 Å². The van der Waals surface area contributed by atoms with Crippen LogP contribution in [-0.4, -0.2) is 25.9 Å². The smallest absolute Gasteiger partial charge is 0.332 e. The first-order chi connectivity index (χ1) is 19.4. The first-order valence-corrected chi connectivity index (χ1v) is 13.3. The fourth-order valence-corrected chi connectivity index (χ4v) is 6.83. The average Bonchev–Trinajstić information content (AvgIpc) is 3.52. The molecule has 0 atom stereocenters. The van der Waals surface area contributed by atoms with E-state index in [1.165, 1.54) is 55.1 Å². The fourth-order valence-electron chi connectivity index (χ4n) is 6.83. The van der Waals surface area contributed by atoms with Crippen LogP contribution in [-0.2, 0) is 0 Å². The van der Waals surface area contributed by atoms with Crippen LogP contribution in [0.1, 0.15) is 0 Å². The maximum Gasteiger partial charge on any atom is 0.332 e. The van der Waals surface area contributed by atoms with E-state index >= 15 is 0 Å². The van der Waals surface area contributed by atoms with Crippen molar-refractivity contribution >= 4 is 61.5 Å². The van der Waals surface area contributed by atoms with Crippen LogP contribution < -0.4 is 10.9 Å². The molecule has 0 bridgehead atoms. The Balaban J connectivity index is 1.50. The van der Waals surface area contributed by atoms with Crippen LogP contribution in [0.3, 0.4) is 0 Å². The van der Waals surface area contributed by atoms with Crippen molar-refractivity contribution in [1.29, 1.82) is 0 Å². The molecule has 0 radical (unpaired) electrons. The van der Waals surface area contributed by atoms with E-state index in [-0.39, 0.29) is 6.85 Å². The molecule has 9 rings (SSSR count). The molecule has 5 heteroatoms. The summed E-state index contributed by atoms with van der Waals surface area (Å²) in [6.07, 6.45) is 3.59. The first-order valence-electron chi connectivity index (χ1n) is 13.3. The van der Waals surface area contributed by atoms with Crippen molar-refractivity contribution in [3.63, 3.8) is 0 Å². The molecule has 8 aromatic rings. The molecule has 0 N–H and O–H groups in total. The molecule has 1 aliphatic rings. The maximum atomic E-state index is 4.72. The standard InChI is InChI=1S/C34H21BN4/c1-2-10-22(11-3-1)23-13-8-14-25-24-12-4-6-18-29(24)39(33(23)25)35-27-16-5-7-19-30(27)38-31-20-36-21-37-32(31)26-15-9-17-28(35)34(26)38/h1-21H. The van der Waals surface area contributed by atoms with Crippen LogP contribution in [0.25, 0.3) is 60.6 Å². The van der Waals surface area contributed by atoms with Crippen LogP contribution in [0, 0.1) is 0 Å². The summed E-state index contributed by atoms with van der Waals surface area (Å²) >= 11 is 0. The van der Waals surface area contributed by atoms with Gasteiger partial charge in [0.2, 0.25) is 0 Å². The van der Waals surface area contributed by atoms with Gasteiger partial charge in [0.25, 0.3) is 0 Å². The Hall–Kier alpha value is -5.16. The molecule has 4 nitrogen and oxygen atoms in total. The summed E-state index contributed by atoms with van der Waals surface area (Å²) in [5, 5.41) is 3.70. The number of hydrogen-bond donors (Lipinski definition) is 0. The second-order valence-electron chi connectivity index (χ2n) is 10.3. The second kappa shape index (κ2) is 7.68. The highest BCUT2D eigenvalue weighted by atomic mass is 15.0. The SMILES string of the molecule is c1ccc(-c2cccc3c4ccccc4n(B4c5ccccc5-n5c6cncnc6c6cccc4c65)c23)cc1. The van der Waals surface area contributed by atoms with E-state index in [9.17, 15) is 0 Å². The average molecular weight is 496 g/mol. The molecule has 0 fully saturated rings. The Bertz CT molecular complexity index is 2240. The molecule has 5 aromatic carbocycles. The van der Waals surface area contributed by atoms with Crippen molar-refractivity contribution in [3.8, 4) is 16.8 Å². The summed E-state index contributed by atoms with van der Waals surface area (Å²) in [6.45, 7) is -0.0121. The quantitative estimate of drug-likeness (QED) is 0.263. The number of hydrogen-bond acceptors (Lipinski definition) is 2. The lowest BCUT2D eigenvalue weighted by Gasteiger charge is -2.28. The molecule has 1 aliphatic heterocycles. The minimum Gasteiger partial charge on any atom is -0.375 e. The fraction of sp³-hybridized carbons (Fsp3) is 0. The van der Waals surface area contributed by atoms with Gasteiger partial charge in [0.05, 0.1) is 22.7 Å². The van der Waals surface area contributed by atoms with Gasteiger partial charge in [0, 0.05) is 38.4 Å². The lowest BCUT2D eigenvalue weighted by Crippen LogP contribution is -2.53. The van der Waals surface area contributed by atoms with Gasteiger partial charge in [-0.05, 0) is 28.6 Å². The molecule has 3 aromatic heterocycles. The van der Waals surface area contributed by atoms with Crippen LogP contribution in [0.4, 0.5) is 0 Å². The molecule has 0 amide bonds. The van der Waals surface area contributed by atoms with Crippen molar-refractivity contribution < 1.29 is 0 Å². The molecule has 0 aliphatic carbocycles. The lowest BCUT2D eigenvalue weighted by atomic mass is 9.48. The molecule has 0 saturated carbocycles. The van der Waals surface area contributed by atoms with Crippen molar-refractivity contribution in [2.45, 2.75) is 0 Å². The van der Waals surface area contributed by atoms with Gasteiger partial charge < -0.3 is 9.05 Å². The number of nitrogens with zero attached hydrogens (tertiary/aromatic N) is 4. The van der Waals surface area contributed by atoms with Gasteiger partial charge >= 0.3 is 6.85 Å². The van der Waals surface area contributed by atoms with Gasteiger partial charge in [0.1, 0.15) is 6.33 Å². The Kier molecular flexibility index (Phi) is 4.11. The third-order valence-electron chi connectivity index (χ3n) is 8.32. The Morgan fingerprint density at radius 3 is 2.26 bits per heavy atom. The minimum absolute atomic E-state index is 0.0121. The van der Waals surface area contributed by atoms with Gasteiger partial charge in [-0.1, -0.05) is 103 Å². The highest BCUT2D eigenvalue weighted by molar-refractivity contribution is 6.88. The number of fused-ring (bicyclic) bond motifs is 8. The highest BCUT2D eigenvalue weighted by Crippen LogP contribution is 2.38. The van der Waals surface area contributed by atoms with E-state index < -0.39 is 0 Å². The molecule has 0 unspecified atom stereocenters. The molecule has 0 spiro atoms. The van der Waals surface area contributed by atoms with Gasteiger partial charge in [0.15, 0.2) is 0 Å². The number of para-hydroxylation sites is 4. The van der Waals surface area contributed by atoms with Crippen LogP contribution >= 0.6 is 0 Å². The van der Waals surface area contributed by atoms with Gasteiger partial charge in [-0.2, -0.15) is 0 Å². The van der Waals surface area contributed by atoms with E-state index in [0.717, 1.165) is 16.4 Å². The summed E-state index contributed by atoms with van der Waals surface area (Å²) < 4.78 is 4.94. The predicted molar refractivity (Wildman–Crippen MR) is 162 cm³/mol. The zero-order valence-electron chi connectivity index (χ0n) is 21.0. The van der Waals surface area contributed by atoms with E-state index in [1.807, 2.05) is 6.20 Å². The minimum atomic E-state index is -0.0121. The largest absolute Gasteiger partial charge is 0.375 e. The molecule has 0 saturated heterocycles. The van der Waals surface area contributed by atoms with E-state index in [1.54, 1.807) is 6.33 Å². The maximum absolute atomic E-state index is 4.72. The normalized spacial score (nSPS) is 12.6. The van der Waals surface area contributed by atoms with Gasteiger partial charge in [-0.25, -0.2) is 9.97 Å². The Morgan fingerprint density at radius 1 is 0.564 bits per heavy atom. The van der Waals surface area contributed by atoms with E-state index in [0.29, 0.717) is 0 Å². The van der Waals surface area contributed by atoms with Gasteiger partial charge in [-0.3, -0.25) is 0 Å². The molecule has 180 valence electrons. The molecular weight excluding hydrogens is 475 g/mol. The molecule has 4 heterocycles.